The molecule has 3 unspecified atom stereocenters. The van der Waals surface area contributed by atoms with Gasteiger partial charge in [-0.3, -0.25) is 0 Å². The molecule has 3 heteroatoms. The Hall–Kier alpha value is -0.0100. The number of rotatable bonds is 3. The van der Waals surface area contributed by atoms with Crippen LogP contribution in [0.5, 0.6) is 0 Å². The van der Waals surface area contributed by atoms with Gasteiger partial charge in [-0.15, -0.1) is 0 Å². The van der Waals surface area contributed by atoms with E-state index in [1.165, 1.54) is 0 Å². The van der Waals surface area contributed by atoms with E-state index >= 15 is 0 Å². The van der Waals surface area contributed by atoms with E-state index in [-0.39, 0.29) is 11.3 Å². The second kappa shape index (κ2) is 3.62. The number of hydrogen-bond donors (Lipinski definition) is 0. The van der Waals surface area contributed by atoms with E-state index < -0.39 is 0 Å². The van der Waals surface area contributed by atoms with E-state index in [2.05, 4.69) is 13.8 Å². The number of allylic oxidation sites excluding steroid dienone is 1. The molecule has 13 heavy (non-hydrogen) atoms. The first-order valence-corrected chi connectivity index (χ1v) is 5.15. The molecule has 0 aliphatic heterocycles. The molecule has 0 spiro atoms. The van der Waals surface area contributed by atoms with Gasteiger partial charge in [0.05, 0.1) is 0 Å². The summed E-state index contributed by atoms with van der Waals surface area (Å²) < 4.78 is 0.304. The SMILES string of the molecule is CC(C=O)C1C(C=C(Cl)Cl)C1(C)C. The Bertz CT molecular complexity index is 241. The van der Waals surface area contributed by atoms with Crippen molar-refractivity contribution in [1.29, 1.82) is 0 Å². The van der Waals surface area contributed by atoms with E-state index in [4.69, 9.17) is 23.2 Å². The minimum atomic E-state index is 0.0870. The van der Waals surface area contributed by atoms with Gasteiger partial charge in [-0.05, 0) is 17.3 Å². The molecular weight excluding hydrogens is 207 g/mol. The summed E-state index contributed by atoms with van der Waals surface area (Å²) in [6, 6.07) is 0. The predicted octanol–water partition coefficient (Wildman–Crippen LogP) is 3.41. The van der Waals surface area contributed by atoms with E-state index in [1.807, 2.05) is 13.0 Å². The van der Waals surface area contributed by atoms with Gasteiger partial charge < -0.3 is 4.79 Å². The zero-order valence-corrected chi connectivity index (χ0v) is 9.56. The fraction of sp³-hybridized carbons (Fsp3) is 0.700. The standard InChI is InChI=1S/C10H14Cl2O/c1-6(5-13)9-7(4-8(11)12)10(9,2)3/h4-7,9H,1-3H3. The molecule has 0 aromatic heterocycles. The third-order valence-corrected chi connectivity index (χ3v) is 3.33. The molecule has 1 nitrogen and oxygen atoms in total. The van der Waals surface area contributed by atoms with Gasteiger partial charge in [-0.1, -0.05) is 50.0 Å². The van der Waals surface area contributed by atoms with Crippen molar-refractivity contribution >= 4 is 29.5 Å². The minimum Gasteiger partial charge on any atom is -0.303 e. The molecule has 1 saturated carbocycles. The Morgan fingerprint density at radius 2 is 2.00 bits per heavy atom. The Kier molecular flexibility index (Phi) is 3.09. The highest BCUT2D eigenvalue weighted by molar-refractivity contribution is 6.55. The smallest absolute Gasteiger partial charge is 0.123 e. The van der Waals surface area contributed by atoms with Gasteiger partial charge >= 0.3 is 0 Å². The number of hydrogen-bond acceptors (Lipinski definition) is 1. The first kappa shape index (κ1) is 11.1. The third-order valence-electron chi connectivity index (χ3n) is 3.08. The number of carbonyl (C=O) groups is 1. The minimum absolute atomic E-state index is 0.0870. The van der Waals surface area contributed by atoms with Crippen molar-refractivity contribution in [3.63, 3.8) is 0 Å². The normalized spacial score (nSPS) is 32.1. The lowest BCUT2D eigenvalue weighted by atomic mass is 10.0. The van der Waals surface area contributed by atoms with Crippen molar-refractivity contribution in [2.45, 2.75) is 20.8 Å². The fourth-order valence-electron chi connectivity index (χ4n) is 2.26. The lowest BCUT2D eigenvalue weighted by molar-refractivity contribution is -0.111. The van der Waals surface area contributed by atoms with E-state index in [0.717, 1.165) is 6.29 Å². The average Bonchev–Trinajstić information content (AvgIpc) is 2.51. The summed E-state index contributed by atoms with van der Waals surface area (Å²) in [6.45, 7) is 6.21. The van der Waals surface area contributed by atoms with Crippen molar-refractivity contribution < 1.29 is 4.79 Å². The summed E-state index contributed by atoms with van der Waals surface area (Å²) in [6.07, 6.45) is 2.84. The fourth-order valence-corrected chi connectivity index (χ4v) is 2.53. The largest absolute Gasteiger partial charge is 0.303 e. The van der Waals surface area contributed by atoms with Gasteiger partial charge in [-0.2, -0.15) is 0 Å². The second-order valence-corrected chi connectivity index (χ2v) is 5.33. The average molecular weight is 221 g/mol. The van der Waals surface area contributed by atoms with Crippen LogP contribution in [0.25, 0.3) is 0 Å². The number of halogens is 2. The summed E-state index contributed by atoms with van der Waals surface area (Å²) in [5.74, 6) is 0.819. The maximum atomic E-state index is 10.6. The Balaban J connectivity index is 2.71. The summed E-state index contributed by atoms with van der Waals surface area (Å²) in [4.78, 5) is 10.6. The molecule has 1 aliphatic rings. The molecule has 0 heterocycles. The van der Waals surface area contributed by atoms with Gasteiger partial charge in [0.1, 0.15) is 10.8 Å². The molecule has 0 radical (unpaired) electrons. The summed E-state index contributed by atoms with van der Waals surface area (Å²) in [5.41, 5.74) is 0.162. The number of carbonyl (C=O) groups excluding carboxylic acids is 1. The predicted molar refractivity (Wildman–Crippen MR) is 55.8 cm³/mol. The first-order valence-electron chi connectivity index (χ1n) is 4.39. The monoisotopic (exact) mass is 220 g/mol. The summed E-state index contributed by atoms with van der Waals surface area (Å²) >= 11 is 11.2. The molecule has 0 amide bonds. The molecule has 0 saturated heterocycles. The van der Waals surface area contributed by atoms with Crippen molar-refractivity contribution in [2.75, 3.05) is 0 Å². The highest BCUT2D eigenvalue weighted by atomic mass is 35.5. The maximum absolute atomic E-state index is 10.6. The van der Waals surface area contributed by atoms with Gasteiger partial charge in [0.25, 0.3) is 0 Å². The van der Waals surface area contributed by atoms with Crippen molar-refractivity contribution in [3.05, 3.63) is 10.6 Å². The molecule has 1 aliphatic carbocycles. The Morgan fingerprint density at radius 1 is 1.46 bits per heavy atom. The molecule has 0 aromatic rings. The van der Waals surface area contributed by atoms with Crippen molar-refractivity contribution in [3.8, 4) is 0 Å². The highest BCUT2D eigenvalue weighted by Crippen LogP contribution is 2.62. The number of aldehydes is 1. The third kappa shape index (κ3) is 2.08. The molecule has 74 valence electrons. The van der Waals surface area contributed by atoms with Crippen LogP contribution in [0.3, 0.4) is 0 Å². The Morgan fingerprint density at radius 3 is 2.38 bits per heavy atom. The molecule has 1 rings (SSSR count). The zero-order valence-electron chi connectivity index (χ0n) is 8.05. The van der Waals surface area contributed by atoms with E-state index in [9.17, 15) is 4.79 Å². The molecule has 0 N–H and O–H groups in total. The van der Waals surface area contributed by atoms with Gasteiger partial charge in [0, 0.05) is 5.92 Å². The maximum Gasteiger partial charge on any atom is 0.123 e. The molecule has 0 aromatic carbocycles. The zero-order chi connectivity index (χ0) is 10.2. The second-order valence-electron chi connectivity index (χ2n) is 4.32. The molecule has 1 fully saturated rings. The van der Waals surface area contributed by atoms with Crippen LogP contribution in [0.15, 0.2) is 10.6 Å². The van der Waals surface area contributed by atoms with Crippen LogP contribution in [-0.2, 0) is 4.79 Å². The van der Waals surface area contributed by atoms with Crippen LogP contribution in [0, 0.1) is 23.2 Å². The van der Waals surface area contributed by atoms with Gasteiger partial charge in [-0.25, -0.2) is 0 Å². The van der Waals surface area contributed by atoms with Crippen LogP contribution in [0.2, 0.25) is 0 Å². The Labute approximate surface area is 89.1 Å². The van der Waals surface area contributed by atoms with Crippen molar-refractivity contribution in [1.82, 2.24) is 0 Å². The topological polar surface area (TPSA) is 17.1 Å². The van der Waals surface area contributed by atoms with Gasteiger partial charge in [0.15, 0.2) is 0 Å². The lowest BCUT2D eigenvalue weighted by Crippen LogP contribution is -2.03. The van der Waals surface area contributed by atoms with Crippen LogP contribution >= 0.6 is 23.2 Å². The van der Waals surface area contributed by atoms with E-state index in [1.54, 1.807) is 0 Å². The molecular formula is C10H14Cl2O. The van der Waals surface area contributed by atoms with Crippen molar-refractivity contribution in [2.24, 2.45) is 23.2 Å². The molecule has 3 atom stereocenters. The summed E-state index contributed by atoms with van der Waals surface area (Å²) in [5, 5.41) is 0. The quantitative estimate of drug-likeness (QED) is 0.667. The highest BCUT2D eigenvalue weighted by Gasteiger charge is 2.58. The molecule has 0 bridgehead atoms. The van der Waals surface area contributed by atoms with E-state index in [0.29, 0.717) is 16.3 Å². The van der Waals surface area contributed by atoms with Crippen LogP contribution < -0.4 is 0 Å². The van der Waals surface area contributed by atoms with Crippen LogP contribution in [-0.4, -0.2) is 6.29 Å². The van der Waals surface area contributed by atoms with Crippen LogP contribution in [0.1, 0.15) is 20.8 Å². The summed E-state index contributed by atoms with van der Waals surface area (Å²) in [7, 11) is 0. The lowest BCUT2D eigenvalue weighted by Gasteiger charge is -2.03. The first-order chi connectivity index (χ1) is 5.91. The van der Waals surface area contributed by atoms with Gasteiger partial charge in [0.2, 0.25) is 0 Å². The van der Waals surface area contributed by atoms with Crippen LogP contribution in [0.4, 0.5) is 0 Å².